The molecular formula is C21H35Cl2OSiTi. The molecule has 0 fully saturated rings. The van der Waals surface area contributed by atoms with E-state index < -0.39 is 24.2 Å². The summed E-state index contributed by atoms with van der Waals surface area (Å²) in [6.45, 7) is 20.2. The van der Waals surface area contributed by atoms with Gasteiger partial charge in [-0.15, -0.1) is 24.8 Å². The van der Waals surface area contributed by atoms with Crippen molar-refractivity contribution >= 4 is 31.5 Å². The van der Waals surface area contributed by atoms with Gasteiger partial charge in [0.05, 0.1) is 0 Å². The first-order chi connectivity index (χ1) is 11.0. The van der Waals surface area contributed by atoms with Crippen LogP contribution in [0.25, 0.3) is 0 Å². The Balaban J connectivity index is 0.00000312. The second-order valence-corrected chi connectivity index (χ2v) is 20.6. The maximum atomic E-state index is 6.78. The van der Waals surface area contributed by atoms with Gasteiger partial charge in [-0.05, 0) is 0 Å². The molecule has 2 rings (SSSR count). The molecule has 1 aliphatic rings. The Morgan fingerprint density at radius 2 is 1.58 bits per heavy atom. The Morgan fingerprint density at radius 1 is 1.00 bits per heavy atom. The van der Waals surface area contributed by atoms with E-state index in [4.69, 9.17) is 3.32 Å². The standard InChI is InChI=1S/C10H14O.C9H13.C2H7Si.2ClH.Ti/c1-10(2,3)8-5-4-6-9(11)7-8;1-6-5-7(2)9(4)8(6)3;1-3-2;;;/h4-7,11H,1-3H3;6H,1-4H3;3H,1-2H3;2*1H;/q;;;;;+1/p-1. The first kappa shape index (κ1) is 26.0. The molecule has 0 spiro atoms. The van der Waals surface area contributed by atoms with Gasteiger partial charge in [0.25, 0.3) is 0 Å². The Hall–Kier alpha value is 0.0112. The van der Waals surface area contributed by atoms with Crippen molar-refractivity contribution in [1.82, 2.24) is 0 Å². The zero-order valence-electron chi connectivity index (χ0n) is 17.7. The Labute approximate surface area is 180 Å². The van der Waals surface area contributed by atoms with Crippen molar-refractivity contribution in [3.8, 4) is 5.75 Å². The quantitative estimate of drug-likeness (QED) is 0.450. The molecule has 0 saturated carbocycles. The molecule has 26 heavy (non-hydrogen) atoms. The van der Waals surface area contributed by atoms with Crippen LogP contribution < -0.4 is 3.32 Å². The summed E-state index contributed by atoms with van der Waals surface area (Å²) in [5, 5.41) is 0. The van der Waals surface area contributed by atoms with Crippen LogP contribution in [0, 0.1) is 5.92 Å². The number of allylic oxidation sites excluding steroid dienone is 4. The number of hydrogen-bond acceptors (Lipinski definition) is 1. The second kappa shape index (κ2) is 9.98. The average Bonchev–Trinajstić information content (AvgIpc) is 2.68. The molecule has 1 aromatic rings. The van der Waals surface area contributed by atoms with Gasteiger partial charge in [-0.1, -0.05) is 0 Å². The summed E-state index contributed by atoms with van der Waals surface area (Å²) >= 11 is -1.71. The van der Waals surface area contributed by atoms with E-state index in [2.05, 4.69) is 85.8 Å². The van der Waals surface area contributed by atoms with Crippen molar-refractivity contribution in [2.24, 2.45) is 5.92 Å². The Morgan fingerprint density at radius 3 is 2.00 bits per heavy atom. The molecule has 1 unspecified atom stereocenters. The van der Waals surface area contributed by atoms with Crippen LogP contribution in [0.3, 0.4) is 0 Å². The maximum Gasteiger partial charge on any atom is -0.147 e. The van der Waals surface area contributed by atoms with Gasteiger partial charge < -0.3 is 0 Å². The number of benzene rings is 1. The minimum Gasteiger partial charge on any atom is -0.147 e. The van der Waals surface area contributed by atoms with E-state index in [0.717, 1.165) is 5.75 Å². The van der Waals surface area contributed by atoms with E-state index in [9.17, 15) is 0 Å². The third kappa shape index (κ3) is 5.52. The normalized spacial score (nSPS) is 17.2. The van der Waals surface area contributed by atoms with E-state index in [0.29, 0.717) is 5.92 Å². The van der Waals surface area contributed by atoms with Gasteiger partial charge in [0.2, 0.25) is 0 Å². The van der Waals surface area contributed by atoms with Crippen LogP contribution in [-0.2, 0) is 22.9 Å². The number of halogens is 2. The first-order valence-corrected chi connectivity index (χ1v) is 16.1. The zero-order chi connectivity index (χ0) is 18.2. The van der Waals surface area contributed by atoms with E-state index in [1.54, 1.807) is 9.45 Å². The third-order valence-electron chi connectivity index (χ3n) is 5.36. The molecule has 0 amide bonds. The summed E-state index contributed by atoms with van der Waals surface area (Å²) in [6, 6.07) is 8.80. The molecule has 147 valence electrons. The van der Waals surface area contributed by atoms with Crippen LogP contribution >= 0.6 is 24.8 Å². The first-order valence-electron chi connectivity index (χ1n) is 9.08. The van der Waals surface area contributed by atoms with Crippen LogP contribution in [0.4, 0.5) is 0 Å². The summed E-state index contributed by atoms with van der Waals surface area (Å²) < 4.78 is 8.46. The predicted octanol–water partition coefficient (Wildman–Crippen LogP) is 6.98. The van der Waals surface area contributed by atoms with E-state index >= 15 is 0 Å². The summed E-state index contributed by atoms with van der Waals surface area (Å²) in [5.74, 6) is 1.68. The van der Waals surface area contributed by atoms with Crippen molar-refractivity contribution in [1.29, 1.82) is 0 Å². The van der Waals surface area contributed by atoms with Crippen molar-refractivity contribution < 1.29 is 20.8 Å². The van der Waals surface area contributed by atoms with Crippen LogP contribution in [0.1, 0.15) is 54.0 Å². The fourth-order valence-corrected chi connectivity index (χ4v) is 13.4. The minimum atomic E-state index is -1.71. The van der Waals surface area contributed by atoms with Crippen LogP contribution in [0.2, 0.25) is 13.1 Å². The molecule has 5 heteroatoms. The van der Waals surface area contributed by atoms with Gasteiger partial charge >= 0.3 is 157 Å². The van der Waals surface area contributed by atoms with Crippen molar-refractivity contribution in [2.75, 3.05) is 0 Å². The SMILES string of the molecule is CC1=C(C)C(C)[C]([Ti]([O]c2cccc(C(C)(C)C)c2)[SiH](C)C)=C1C.Cl.Cl. The molecular weight excluding hydrogens is 415 g/mol. The molecule has 0 bridgehead atoms. The molecule has 1 atom stereocenters. The van der Waals surface area contributed by atoms with Gasteiger partial charge in [-0.2, -0.15) is 0 Å². The van der Waals surface area contributed by atoms with Crippen LogP contribution in [-0.4, -0.2) is 6.66 Å². The van der Waals surface area contributed by atoms with Crippen molar-refractivity contribution in [3.63, 3.8) is 0 Å². The van der Waals surface area contributed by atoms with Crippen LogP contribution in [0.15, 0.2) is 44.9 Å². The summed E-state index contributed by atoms with van der Waals surface area (Å²) in [5.41, 5.74) is 6.11. The molecule has 0 aromatic heterocycles. The fraction of sp³-hybridized carbons (Fsp3) is 0.524. The second-order valence-electron chi connectivity index (χ2n) is 8.47. The van der Waals surface area contributed by atoms with Gasteiger partial charge in [-0.3, -0.25) is 0 Å². The summed E-state index contributed by atoms with van der Waals surface area (Å²) in [6.07, 6.45) is 0. The fourth-order valence-electron chi connectivity index (χ4n) is 3.40. The molecule has 1 aliphatic carbocycles. The Bertz CT molecular complexity index is 689. The smallest absolute Gasteiger partial charge is 0.147 e. The summed E-state index contributed by atoms with van der Waals surface area (Å²) in [4.78, 5) is 0. The van der Waals surface area contributed by atoms with Crippen molar-refractivity contribution in [2.45, 2.75) is 67.0 Å². The Kier molecular flexibility index (Phi) is 9.98. The largest absolute Gasteiger partial charge is 0.147 e. The van der Waals surface area contributed by atoms with Gasteiger partial charge in [0.1, 0.15) is 0 Å². The maximum absolute atomic E-state index is 6.78. The molecule has 0 saturated heterocycles. The monoisotopic (exact) mass is 449 g/mol. The van der Waals surface area contributed by atoms with Gasteiger partial charge in [-0.25, -0.2) is 0 Å². The predicted molar refractivity (Wildman–Crippen MR) is 119 cm³/mol. The topological polar surface area (TPSA) is 9.23 Å². The molecule has 1 nitrogen and oxygen atoms in total. The van der Waals surface area contributed by atoms with E-state index in [1.165, 1.54) is 16.7 Å². The summed E-state index contributed by atoms with van der Waals surface area (Å²) in [7, 11) is 0. The molecule has 0 radical (unpaired) electrons. The third-order valence-corrected chi connectivity index (χ3v) is 15.9. The zero-order valence-corrected chi connectivity index (χ0v) is 22.0. The molecule has 0 heterocycles. The van der Waals surface area contributed by atoms with E-state index in [1.807, 2.05) is 0 Å². The molecule has 1 aromatic carbocycles. The average molecular weight is 450 g/mol. The van der Waals surface area contributed by atoms with E-state index in [-0.39, 0.29) is 30.2 Å². The molecule has 0 aliphatic heterocycles. The van der Waals surface area contributed by atoms with Gasteiger partial charge in [0, 0.05) is 0 Å². The number of hydrogen-bond donors (Lipinski definition) is 0. The minimum absolute atomic E-state index is 0. The number of rotatable bonds is 4. The molecule has 0 N–H and O–H groups in total. The van der Waals surface area contributed by atoms with Crippen LogP contribution in [0.5, 0.6) is 5.75 Å². The van der Waals surface area contributed by atoms with Crippen molar-refractivity contribution in [3.05, 3.63) is 50.4 Å². The van der Waals surface area contributed by atoms with Gasteiger partial charge in [0.15, 0.2) is 0 Å².